The van der Waals surface area contributed by atoms with Crippen LogP contribution in [0.15, 0.2) is 65.6 Å². The minimum Gasteiger partial charge on any atom is -0.496 e. The first kappa shape index (κ1) is 25.0. The number of methoxy groups -OCH3 is 1. The third-order valence-electron chi connectivity index (χ3n) is 6.35. The van der Waals surface area contributed by atoms with Crippen molar-refractivity contribution in [1.82, 2.24) is 9.97 Å². The van der Waals surface area contributed by atoms with Gasteiger partial charge in [-0.1, -0.05) is 45.9 Å². The molecule has 2 aromatic heterocycles. The van der Waals surface area contributed by atoms with E-state index in [0.29, 0.717) is 5.65 Å². The summed E-state index contributed by atoms with van der Waals surface area (Å²) in [6.45, 7) is 8.41. The minimum atomic E-state index is -0.391. The zero-order chi connectivity index (χ0) is 26.0. The van der Waals surface area contributed by atoms with Crippen LogP contribution in [-0.2, 0) is 0 Å². The number of benzene rings is 2. The molecule has 2 N–H and O–H groups in total. The molecule has 186 valence electrons. The summed E-state index contributed by atoms with van der Waals surface area (Å²) < 4.78 is 5.60. The summed E-state index contributed by atoms with van der Waals surface area (Å²) in [5.41, 5.74) is 5.18. The van der Waals surface area contributed by atoms with Crippen molar-refractivity contribution >= 4 is 28.4 Å². The van der Waals surface area contributed by atoms with Crippen molar-refractivity contribution in [2.45, 2.75) is 39.5 Å². The number of carbonyl (C=O) groups excluding carboxylic acids is 1. The Hall–Kier alpha value is -4.13. The molecule has 0 aliphatic carbocycles. The van der Waals surface area contributed by atoms with Crippen molar-refractivity contribution in [3.8, 4) is 16.9 Å². The molecule has 0 spiro atoms. The van der Waals surface area contributed by atoms with Crippen LogP contribution in [0.3, 0.4) is 0 Å². The summed E-state index contributed by atoms with van der Waals surface area (Å²) in [6, 6.07) is 17.1. The van der Waals surface area contributed by atoms with Gasteiger partial charge in [-0.25, -0.2) is 9.78 Å². The van der Waals surface area contributed by atoms with E-state index in [2.05, 4.69) is 55.1 Å². The molecule has 0 saturated heterocycles. The van der Waals surface area contributed by atoms with E-state index in [1.54, 1.807) is 32.5 Å². The average molecular weight is 485 g/mol. The zero-order valence-corrected chi connectivity index (χ0v) is 21.5. The maximum Gasteiger partial charge on any atom is 0.326 e. The van der Waals surface area contributed by atoms with Crippen molar-refractivity contribution < 1.29 is 9.53 Å². The Bertz CT molecular complexity index is 1440. The van der Waals surface area contributed by atoms with Crippen LogP contribution in [0.4, 0.5) is 16.2 Å². The van der Waals surface area contributed by atoms with Crippen molar-refractivity contribution in [2.24, 2.45) is 0 Å². The summed E-state index contributed by atoms with van der Waals surface area (Å²) in [5.74, 6) is 1.09. The first-order valence-corrected chi connectivity index (χ1v) is 12.0. The average Bonchev–Trinajstić information content (AvgIpc) is 2.87. The SMILES string of the molecule is COc1ccccc1-c1cc(C(C)C)c(NC(=O)N(C)c2cc3cccnc3[nH]c2=O)c(C(C)C)c1. The lowest BCUT2D eigenvalue weighted by molar-refractivity contribution is 0.258. The number of fused-ring (bicyclic) bond motifs is 1. The molecule has 0 unspecified atom stereocenters. The van der Waals surface area contributed by atoms with Gasteiger partial charge in [-0.3, -0.25) is 9.69 Å². The van der Waals surface area contributed by atoms with Gasteiger partial charge in [0.15, 0.2) is 0 Å². The number of nitrogens with zero attached hydrogens (tertiary/aromatic N) is 2. The zero-order valence-electron chi connectivity index (χ0n) is 21.5. The number of urea groups is 1. The second kappa shape index (κ2) is 10.2. The molecule has 0 fully saturated rings. The van der Waals surface area contributed by atoms with Crippen molar-refractivity contribution in [3.05, 3.63) is 82.3 Å². The van der Waals surface area contributed by atoms with Crippen LogP contribution in [0.25, 0.3) is 22.2 Å². The molecule has 0 bridgehead atoms. The van der Waals surface area contributed by atoms with Crippen LogP contribution in [0.5, 0.6) is 5.75 Å². The van der Waals surface area contributed by atoms with Crippen LogP contribution in [0, 0.1) is 0 Å². The third kappa shape index (κ3) is 4.82. The van der Waals surface area contributed by atoms with E-state index in [1.165, 1.54) is 4.90 Å². The number of H-pyrrole nitrogens is 1. The molecular weight excluding hydrogens is 452 g/mol. The van der Waals surface area contributed by atoms with Gasteiger partial charge in [0.25, 0.3) is 5.56 Å². The van der Waals surface area contributed by atoms with Gasteiger partial charge in [-0.15, -0.1) is 0 Å². The molecule has 36 heavy (non-hydrogen) atoms. The Morgan fingerprint density at radius 3 is 2.31 bits per heavy atom. The number of aromatic amines is 1. The number of ether oxygens (including phenoxy) is 1. The molecule has 2 amide bonds. The van der Waals surface area contributed by atoms with Crippen LogP contribution in [-0.4, -0.2) is 30.2 Å². The van der Waals surface area contributed by atoms with Gasteiger partial charge < -0.3 is 15.0 Å². The number of anilines is 2. The van der Waals surface area contributed by atoms with Gasteiger partial charge in [0, 0.05) is 29.9 Å². The number of aromatic nitrogens is 2. The summed E-state index contributed by atoms with van der Waals surface area (Å²) in [4.78, 5) is 34.4. The molecule has 0 aliphatic heterocycles. The molecule has 7 nitrogen and oxygen atoms in total. The number of para-hydroxylation sites is 1. The lowest BCUT2D eigenvalue weighted by atomic mass is 9.88. The van der Waals surface area contributed by atoms with Gasteiger partial charge in [0.2, 0.25) is 0 Å². The third-order valence-corrected chi connectivity index (χ3v) is 6.35. The molecule has 0 saturated carbocycles. The van der Waals surface area contributed by atoms with Gasteiger partial charge in [0.05, 0.1) is 7.11 Å². The Balaban J connectivity index is 1.77. The quantitative estimate of drug-likeness (QED) is 0.326. The van der Waals surface area contributed by atoms with Gasteiger partial charge in [-0.05, 0) is 64.9 Å². The van der Waals surface area contributed by atoms with Crippen molar-refractivity contribution in [2.75, 3.05) is 24.4 Å². The van der Waals surface area contributed by atoms with E-state index >= 15 is 0 Å². The van der Waals surface area contributed by atoms with Crippen molar-refractivity contribution in [1.29, 1.82) is 0 Å². The monoisotopic (exact) mass is 484 g/mol. The number of pyridine rings is 2. The molecule has 7 heteroatoms. The second-order valence-corrected chi connectivity index (χ2v) is 9.45. The highest BCUT2D eigenvalue weighted by atomic mass is 16.5. The molecular formula is C29H32N4O3. The summed E-state index contributed by atoms with van der Waals surface area (Å²) in [6.07, 6.45) is 1.62. The highest BCUT2D eigenvalue weighted by Crippen LogP contribution is 2.39. The molecule has 4 rings (SSSR count). The van der Waals surface area contributed by atoms with E-state index < -0.39 is 6.03 Å². The molecule has 0 aliphatic rings. The van der Waals surface area contributed by atoms with Crippen LogP contribution >= 0.6 is 0 Å². The highest BCUT2D eigenvalue weighted by molar-refractivity contribution is 6.03. The lowest BCUT2D eigenvalue weighted by Gasteiger charge is -2.25. The van der Waals surface area contributed by atoms with Gasteiger partial charge in [-0.2, -0.15) is 0 Å². The number of rotatable bonds is 6. The van der Waals surface area contributed by atoms with Gasteiger partial charge in [0.1, 0.15) is 17.1 Å². The molecule has 0 radical (unpaired) electrons. The maximum atomic E-state index is 13.4. The predicted molar refractivity (Wildman–Crippen MR) is 146 cm³/mol. The fraction of sp³-hybridized carbons (Fsp3) is 0.276. The molecule has 2 aromatic carbocycles. The first-order chi connectivity index (χ1) is 17.2. The predicted octanol–water partition coefficient (Wildman–Crippen LogP) is 6.51. The fourth-order valence-electron chi connectivity index (χ4n) is 4.35. The van der Waals surface area contributed by atoms with Crippen LogP contribution in [0.1, 0.15) is 50.7 Å². The summed E-state index contributed by atoms with van der Waals surface area (Å²) >= 11 is 0. The summed E-state index contributed by atoms with van der Waals surface area (Å²) in [5, 5.41) is 3.86. The van der Waals surface area contributed by atoms with Gasteiger partial charge >= 0.3 is 6.03 Å². The number of carbonyl (C=O) groups is 1. The van der Waals surface area contributed by atoms with E-state index in [9.17, 15) is 9.59 Å². The van der Waals surface area contributed by atoms with Crippen LogP contribution in [0.2, 0.25) is 0 Å². The number of hydrogen-bond donors (Lipinski definition) is 2. The molecule has 0 atom stereocenters. The highest BCUT2D eigenvalue weighted by Gasteiger charge is 2.22. The van der Waals surface area contributed by atoms with E-state index in [-0.39, 0.29) is 23.1 Å². The fourth-order valence-corrected chi connectivity index (χ4v) is 4.35. The second-order valence-electron chi connectivity index (χ2n) is 9.45. The number of nitrogens with one attached hydrogen (secondary N) is 2. The molecule has 4 aromatic rings. The molecule has 2 heterocycles. The Morgan fingerprint density at radius 2 is 1.67 bits per heavy atom. The lowest BCUT2D eigenvalue weighted by Crippen LogP contribution is -2.35. The minimum absolute atomic E-state index is 0.146. The standard InChI is InChI=1S/C29H32N4O3/c1-17(2)22-14-20(21-11-7-8-12-25(21)36-6)15-23(18(3)4)26(22)31-29(35)33(5)24-16-19-10-9-13-30-27(19)32-28(24)34/h7-18H,1-6H3,(H,31,35)(H,30,32,34). The maximum absolute atomic E-state index is 13.4. The smallest absolute Gasteiger partial charge is 0.326 e. The van der Waals surface area contributed by atoms with Crippen molar-refractivity contribution in [3.63, 3.8) is 0 Å². The largest absolute Gasteiger partial charge is 0.496 e. The topological polar surface area (TPSA) is 87.3 Å². The number of hydrogen-bond acceptors (Lipinski definition) is 4. The Kier molecular flexibility index (Phi) is 7.10. The Morgan fingerprint density at radius 1 is 1.00 bits per heavy atom. The van der Waals surface area contributed by atoms with E-state index in [4.69, 9.17) is 4.74 Å². The Labute approximate surface area is 211 Å². The van der Waals surface area contributed by atoms with E-state index in [0.717, 1.165) is 39.1 Å². The van der Waals surface area contributed by atoms with Crippen LogP contribution < -0.4 is 20.5 Å². The summed E-state index contributed by atoms with van der Waals surface area (Å²) in [7, 11) is 3.26. The normalized spacial score (nSPS) is 11.2. The van der Waals surface area contributed by atoms with E-state index in [1.807, 2.05) is 30.3 Å². The first-order valence-electron chi connectivity index (χ1n) is 12.0. The number of amides is 2.